The number of hydrogen-bond donors (Lipinski definition) is 1. The highest BCUT2D eigenvalue weighted by molar-refractivity contribution is 7.13. The Balaban J connectivity index is 2.07. The first kappa shape index (κ1) is 13.5. The molecule has 0 aliphatic heterocycles. The molecule has 2 rings (SSSR count). The lowest BCUT2D eigenvalue weighted by Gasteiger charge is -2.06. The topological polar surface area (TPSA) is 37.3 Å². The maximum absolute atomic E-state index is 12.5. The van der Waals surface area contributed by atoms with Crippen LogP contribution in [0.2, 0.25) is 0 Å². The van der Waals surface area contributed by atoms with Gasteiger partial charge in [-0.2, -0.15) is 18.3 Å². The zero-order valence-electron chi connectivity index (χ0n) is 9.90. The van der Waals surface area contributed by atoms with Gasteiger partial charge in [-0.3, -0.25) is 5.43 Å². The number of halogens is 3. The fourth-order valence-electron chi connectivity index (χ4n) is 1.36. The molecule has 0 amide bonds. The number of nitrogens with zero attached hydrogens (tertiary/aromatic N) is 2. The molecule has 1 heterocycles. The van der Waals surface area contributed by atoms with Gasteiger partial charge in [-0.1, -0.05) is 12.1 Å². The maximum Gasteiger partial charge on any atom is 0.416 e. The fraction of sp³-hybridized carbons (Fsp3) is 0.167. The molecule has 3 nitrogen and oxygen atoms in total. The third-order valence-electron chi connectivity index (χ3n) is 2.21. The van der Waals surface area contributed by atoms with Crippen molar-refractivity contribution in [2.24, 2.45) is 5.10 Å². The Hall–Kier alpha value is -1.89. The van der Waals surface area contributed by atoms with Gasteiger partial charge < -0.3 is 0 Å². The molecule has 19 heavy (non-hydrogen) atoms. The van der Waals surface area contributed by atoms with Crippen molar-refractivity contribution in [3.05, 3.63) is 46.5 Å². The number of benzene rings is 1. The Morgan fingerprint density at radius 1 is 1.37 bits per heavy atom. The minimum absolute atomic E-state index is 0.371. The van der Waals surface area contributed by atoms with Crippen LogP contribution in [0.3, 0.4) is 0 Å². The van der Waals surface area contributed by atoms with Gasteiger partial charge in [0.15, 0.2) is 0 Å². The number of hydrazone groups is 1. The van der Waals surface area contributed by atoms with Crippen molar-refractivity contribution in [3.63, 3.8) is 0 Å². The second kappa shape index (κ2) is 5.40. The van der Waals surface area contributed by atoms with Crippen molar-refractivity contribution in [1.29, 1.82) is 0 Å². The van der Waals surface area contributed by atoms with Crippen molar-refractivity contribution >= 4 is 22.7 Å². The summed E-state index contributed by atoms with van der Waals surface area (Å²) in [5.41, 5.74) is 3.21. The van der Waals surface area contributed by atoms with Gasteiger partial charge in [0.2, 0.25) is 5.13 Å². The molecule has 100 valence electrons. The van der Waals surface area contributed by atoms with Crippen LogP contribution in [0.1, 0.15) is 16.8 Å². The number of aromatic nitrogens is 1. The quantitative estimate of drug-likeness (QED) is 0.685. The molecule has 0 atom stereocenters. The van der Waals surface area contributed by atoms with E-state index in [1.54, 1.807) is 6.07 Å². The predicted molar refractivity (Wildman–Crippen MR) is 69.5 cm³/mol. The van der Waals surface area contributed by atoms with E-state index in [-0.39, 0.29) is 0 Å². The maximum atomic E-state index is 12.5. The van der Waals surface area contributed by atoms with Gasteiger partial charge in [0.05, 0.1) is 17.5 Å². The van der Waals surface area contributed by atoms with Crippen LogP contribution >= 0.6 is 11.3 Å². The fourth-order valence-corrected chi connectivity index (χ4v) is 2.00. The van der Waals surface area contributed by atoms with Gasteiger partial charge in [0.1, 0.15) is 0 Å². The van der Waals surface area contributed by atoms with E-state index in [2.05, 4.69) is 15.5 Å². The van der Waals surface area contributed by atoms with Gasteiger partial charge in [0, 0.05) is 5.38 Å². The van der Waals surface area contributed by atoms with E-state index in [1.165, 1.54) is 23.6 Å². The van der Waals surface area contributed by atoms with Crippen LogP contribution in [0.4, 0.5) is 18.3 Å². The van der Waals surface area contributed by atoms with Crippen molar-refractivity contribution in [1.82, 2.24) is 4.98 Å². The SMILES string of the molecule is Cc1csc(N/N=C\c2cccc(C(F)(F)F)c2)n1. The lowest BCUT2D eigenvalue weighted by Crippen LogP contribution is -2.05. The van der Waals surface area contributed by atoms with E-state index in [0.717, 1.165) is 17.8 Å². The standard InChI is InChI=1S/C12H10F3N3S/c1-8-7-19-11(17-8)18-16-6-9-3-2-4-10(5-9)12(13,14)15/h2-7H,1H3,(H,17,18)/b16-6-. The highest BCUT2D eigenvalue weighted by Gasteiger charge is 2.30. The first-order valence-corrected chi connectivity index (χ1v) is 6.21. The Bertz CT molecular complexity index is 590. The lowest BCUT2D eigenvalue weighted by atomic mass is 10.1. The zero-order valence-corrected chi connectivity index (χ0v) is 10.7. The molecule has 1 aromatic heterocycles. The summed E-state index contributed by atoms with van der Waals surface area (Å²) in [5, 5.41) is 6.30. The monoisotopic (exact) mass is 285 g/mol. The zero-order chi connectivity index (χ0) is 13.9. The van der Waals surface area contributed by atoms with Crippen LogP contribution in [0.25, 0.3) is 0 Å². The summed E-state index contributed by atoms with van der Waals surface area (Å²) < 4.78 is 37.5. The summed E-state index contributed by atoms with van der Waals surface area (Å²) in [6.45, 7) is 1.85. The summed E-state index contributed by atoms with van der Waals surface area (Å²) in [6.07, 6.45) is -3.02. The Kier molecular flexibility index (Phi) is 3.84. The minimum Gasteiger partial charge on any atom is -0.253 e. The van der Waals surface area contributed by atoms with Gasteiger partial charge in [-0.05, 0) is 24.6 Å². The van der Waals surface area contributed by atoms with Crippen LogP contribution < -0.4 is 5.43 Å². The van der Waals surface area contributed by atoms with E-state index in [9.17, 15) is 13.2 Å². The second-order valence-corrected chi connectivity index (χ2v) is 4.65. The molecular weight excluding hydrogens is 275 g/mol. The number of aryl methyl sites for hydroxylation is 1. The van der Waals surface area contributed by atoms with Crippen LogP contribution in [-0.4, -0.2) is 11.2 Å². The minimum atomic E-state index is -4.34. The number of alkyl halides is 3. The van der Waals surface area contributed by atoms with Gasteiger partial charge >= 0.3 is 6.18 Å². The van der Waals surface area contributed by atoms with Gasteiger partial charge in [-0.15, -0.1) is 11.3 Å². The Labute approximate surface area is 111 Å². The van der Waals surface area contributed by atoms with E-state index in [1.807, 2.05) is 12.3 Å². The summed E-state index contributed by atoms with van der Waals surface area (Å²) in [4.78, 5) is 4.11. The van der Waals surface area contributed by atoms with Crippen molar-refractivity contribution < 1.29 is 13.2 Å². The average molecular weight is 285 g/mol. The molecule has 0 unspecified atom stereocenters. The average Bonchev–Trinajstić information content (AvgIpc) is 2.74. The highest BCUT2D eigenvalue weighted by atomic mass is 32.1. The molecule has 2 aromatic rings. The van der Waals surface area contributed by atoms with Crippen LogP contribution in [0.15, 0.2) is 34.7 Å². The highest BCUT2D eigenvalue weighted by Crippen LogP contribution is 2.29. The van der Waals surface area contributed by atoms with Crippen molar-refractivity contribution in [2.75, 3.05) is 5.43 Å². The molecule has 0 aliphatic rings. The normalized spacial score (nSPS) is 12.0. The van der Waals surface area contributed by atoms with Crippen LogP contribution in [0.5, 0.6) is 0 Å². The van der Waals surface area contributed by atoms with Gasteiger partial charge in [0.25, 0.3) is 0 Å². The molecule has 1 aromatic carbocycles. The molecule has 1 N–H and O–H groups in total. The summed E-state index contributed by atoms with van der Waals surface area (Å²) in [7, 11) is 0. The Morgan fingerprint density at radius 2 is 2.16 bits per heavy atom. The number of nitrogens with one attached hydrogen (secondary N) is 1. The number of anilines is 1. The third kappa shape index (κ3) is 3.78. The molecule has 7 heteroatoms. The van der Waals surface area contributed by atoms with Crippen molar-refractivity contribution in [3.8, 4) is 0 Å². The van der Waals surface area contributed by atoms with E-state index < -0.39 is 11.7 Å². The number of hydrogen-bond acceptors (Lipinski definition) is 4. The smallest absolute Gasteiger partial charge is 0.253 e. The number of rotatable bonds is 3. The van der Waals surface area contributed by atoms with Gasteiger partial charge in [-0.25, -0.2) is 4.98 Å². The van der Waals surface area contributed by atoms with Crippen LogP contribution in [0, 0.1) is 6.92 Å². The van der Waals surface area contributed by atoms with Crippen LogP contribution in [-0.2, 0) is 6.18 Å². The van der Waals surface area contributed by atoms with E-state index in [0.29, 0.717) is 10.7 Å². The summed E-state index contributed by atoms with van der Waals surface area (Å²) in [5.74, 6) is 0. The third-order valence-corrected chi connectivity index (χ3v) is 3.07. The first-order valence-electron chi connectivity index (χ1n) is 5.33. The molecule has 0 aliphatic carbocycles. The molecule has 0 spiro atoms. The second-order valence-electron chi connectivity index (χ2n) is 3.79. The summed E-state index contributed by atoms with van der Waals surface area (Å²) >= 11 is 1.38. The first-order chi connectivity index (χ1) is 8.95. The molecule has 0 saturated heterocycles. The summed E-state index contributed by atoms with van der Waals surface area (Å²) in [6, 6.07) is 4.96. The lowest BCUT2D eigenvalue weighted by molar-refractivity contribution is -0.137. The number of thiazole rings is 1. The predicted octanol–water partition coefficient (Wildman–Crippen LogP) is 3.92. The Morgan fingerprint density at radius 3 is 2.79 bits per heavy atom. The van der Waals surface area contributed by atoms with E-state index in [4.69, 9.17) is 0 Å². The molecule has 0 fully saturated rings. The molecule has 0 bridgehead atoms. The van der Waals surface area contributed by atoms with Crippen molar-refractivity contribution in [2.45, 2.75) is 13.1 Å². The van der Waals surface area contributed by atoms with E-state index >= 15 is 0 Å². The largest absolute Gasteiger partial charge is 0.416 e. The molecule has 0 saturated carbocycles. The molecular formula is C12H10F3N3S. The molecule has 0 radical (unpaired) electrons.